The van der Waals surface area contributed by atoms with Crippen molar-refractivity contribution in [2.75, 3.05) is 23.8 Å². The van der Waals surface area contributed by atoms with Crippen LogP contribution >= 0.6 is 0 Å². The van der Waals surface area contributed by atoms with Crippen LogP contribution in [0.5, 0.6) is 5.75 Å². The SMILES string of the molecule is CNC(=O)[C@@H]1CN(C(=O)c2cccc(NC(N)=O)c2)c2ccccc2O1. The highest BCUT2D eigenvalue weighted by molar-refractivity contribution is 6.08. The smallest absolute Gasteiger partial charge is 0.316 e. The van der Waals surface area contributed by atoms with Gasteiger partial charge >= 0.3 is 6.03 Å². The molecule has 0 aliphatic carbocycles. The number of fused-ring (bicyclic) bond motifs is 1. The van der Waals surface area contributed by atoms with E-state index in [1.54, 1.807) is 42.5 Å². The van der Waals surface area contributed by atoms with Crippen LogP contribution in [-0.2, 0) is 4.79 Å². The summed E-state index contributed by atoms with van der Waals surface area (Å²) in [7, 11) is 1.51. The summed E-state index contributed by atoms with van der Waals surface area (Å²) in [6.07, 6.45) is -0.814. The summed E-state index contributed by atoms with van der Waals surface area (Å²) < 4.78 is 5.70. The Morgan fingerprint density at radius 3 is 2.65 bits per heavy atom. The van der Waals surface area contributed by atoms with Crippen molar-refractivity contribution in [3.8, 4) is 5.75 Å². The number of hydrogen-bond acceptors (Lipinski definition) is 4. The van der Waals surface area contributed by atoms with Gasteiger partial charge in [0.05, 0.1) is 12.2 Å². The molecule has 1 heterocycles. The van der Waals surface area contributed by atoms with Gasteiger partial charge in [0.15, 0.2) is 6.10 Å². The molecule has 3 rings (SSSR count). The molecule has 0 spiro atoms. The number of primary amides is 1. The molecule has 0 saturated heterocycles. The minimum atomic E-state index is -0.814. The minimum absolute atomic E-state index is 0.0724. The van der Waals surface area contributed by atoms with Gasteiger partial charge in [0.1, 0.15) is 5.75 Å². The van der Waals surface area contributed by atoms with Crippen LogP contribution in [0.15, 0.2) is 48.5 Å². The van der Waals surface area contributed by atoms with Gasteiger partial charge in [-0.3, -0.25) is 9.59 Å². The average molecular weight is 354 g/mol. The lowest BCUT2D eigenvalue weighted by Gasteiger charge is -2.34. The Morgan fingerprint density at radius 2 is 1.92 bits per heavy atom. The zero-order chi connectivity index (χ0) is 18.7. The van der Waals surface area contributed by atoms with Crippen molar-refractivity contribution < 1.29 is 19.1 Å². The number of nitrogens with zero attached hydrogens (tertiary/aromatic N) is 1. The lowest BCUT2D eigenvalue weighted by Crippen LogP contribution is -2.50. The van der Waals surface area contributed by atoms with Gasteiger partial charge in [0.2, 0.25) is 0 Å². The van der Waals surface area contributed by atoms with Gasteiger partial charge in [-0.2, -0.15) is 0 Å². The molecule has 8 nitrogen and oxygen atoms in total. The van der Waals surface area contributed by atoms with Crippen molar-refractivity contribution in [2.45, 2.75) is 6.10 Å². The van der Waals surface area contributed by atoms with Gasteiger partial charge in [-0.15, -0.1) is 0 Å². The van der Waals surface area contributed by atoms with E-state index in [1.807, 2.05) is 0 Å². The van der Waals surface area contributed by atoms with E-state index >= 15 is 0 Å². The highest BCUT2D eigenvalue weighted by atomic mass is 16.5. The molecule has 0 bridgehead atoms. The second-order valence-corrected chi connectivity index (χ2v) is 5.67. The quantitative estimate of drug-likeness (QED) is 0.771. The maximum absolute atomic E-state index is 13.1. The maximum Gasteiger partial charge on any atom is 0.316 e. The Labute approximate surface area is 149 Å². The van der Waals surface area contributed by atoms with Crippen LogP contribution in [-0.4, -0.2) is 37.5 Å². The Kier molecular flexibility index (Phi) is 4.74. The van der Waals surface area contributed by atoms with Crippen molar-refractivity contribution in [3.63, 3.8) is 0 Å². The van der Waals surface area contributed by atoms with Crippen LogP contribution in [0, 0.1) is 0 Å². The lowest BCUT2D eigenvalue weighted by atomic mass is 10.1. The molecule has 0 unspecified atom stereocenters. The van der Waals surface area contributed by atoms with Gasteiger partial charge in [0.25, 0.3) is 11.8 Å². The molecule has 134 valence electrons. The Bertz CT molecular complexity index is 868. The number of nitrogens with one attached hydrogen (secondary N) is 2. The van der Waals surface area contributed by atoms with Crippen LogP contribution in [0.2, 0.25) is 0 Å². The maximum atomic E-state index is 13.1. The predicted molar refractivity (Wildman–Crippen MR) is 96.2 cm³/mol. The fraction of sp³-hybridized carbons (Fsp3) is 0.167. The molecule has 0 radical (unpaired) electrons. The first-order valence-corrected chi connectivity index (χ1v) is 7.95. The van der Waals surface area contributed by atoms with Gasteiger partial charge in [-0.05, 0) is 30.3 Å². The van der Waals surface area contributed by atoms with E-state index in [1.165, 1.54) is 18.0 Å². The van der Waals surface area contributed by atoms with E-state index in [-0.39, 0.29) is 18.4 Å². The normalized spacial score (nSPS) is 15.4. The Balaban J connectivity index is 1.95. The summed E-state index contributed by atoms with van der Waals surface area (Å²) in [5.74, 6) is -0.184. The monoisotopic (exact) mass is 354 g/mol. The Morgan fingerprint density at radius 1 is 1.15 bits per heavy atom. The number of benzene rings is 2. The number of para-hydroxylation sites is 2. The molecule has 8 heteroatoms. The van der Waals surface area contributed by atoms with Crippen LogP contribution in [0.25, 0.3) is 0 Å². The van der Waals surface area contributed by atoms with Crippen molar-refractivity contribution in [1.29, 1.82) is 0 Å². The molecular weight excluding hydrogens is 336 g/mol. The molecule has 1 aliphatic rings. The van der Waals surface area contributed by atoms with Gasteiger partial charge in [-0.25, -0.2) is 4.79 Å². The van der Waals surface area contributed by atoms with Crippen molar-refractivity contribution in [2.24, 2.45) is 5.73 Å². The summed E-state index contributed by atoms with van der Waals surface area (Å²) in [5, 5.41) is 4.97. The number of ether oxygens (including phenoxy) is 1. The molecule has 0 saturated carbocycles. The highest BCUT2D eigenvalue weighted by Gasteiger charge is 2.33. The third-order valence-corrected chi connectivity index (χ3v) is 3.93. The summed E-state index contributed by atoms with van der Waals surface area (Å²) in [6, 6.07) is 12.7. The number of carbonyl (C=O) groups is 3. The zero-order valence-electron chi connectivity index (χ0n) is 14.1. The first-order valence-electron chi connectivity index (χ1n) is 7.95. The third-order valence-electron chi connectivity index (χ3n) is 3.93. The number of likely N-dealkylation sites (N-methyl/N-ethyl adjacent to an activating group) is 1. The second kappa shape index (κ2) is 7.14. The Hall–Kier alpha value is -3.55. The molecule has 26 heavy (non-hydrogen) atoms. The van der Waals surface area contributed by atoms with E-state index < -0.39 is 12.1 Å². The molecule has 2 aromatic rings. The van der Waals surface area contributed by atoms with Crippen molar-refractivity contribution >= 4 is 29.2 Å². The molecule has 1 atom stereocenters. The fourth-order valence-corrected chi connectivity index (χ4v) is 2.75. The summed E-state index contributed by atoms with van der Waals surface area (Å²) in [6.45, 7) is 0.0724. The third kappa shape index (κ3) is 3.44. The van der Waals surface area contributed by atoms with Crippen LogP contribution in [0.1, 0.15) is 10.4 Å². The number of carbonyl (C=O) groups excluding carboxylic acids is 3. The summed E-state index contributed by atoms with van der Waals surface area (Å²) in [5.41, 5.74) is 6.45. The number of amides is 4. The fourth-order valence-electron chi connectivity index (χ4n) is 2.75. The zero-order valence-corrected chi connectivity index (χ0v) is 14.1. The molecular formula is C18H18N4O4. The average Bonchev–Trinajstić information content (AvgIpc) is 2.65. The van der Waals surface area contributed by atoms with E-state index in [9.17, 15) is 14.4 Å². The number of hydrogen-bond donors (Lipinski definition) is 3. The molecule has 1 aliphatic heterocycles. The van der Waals surface area contributed by atoms with Crippen molar-refractivity contribution in [3.05, 3.63) is 54.1 Å². The number of nitrogens with two attached hydrogens (primary N) is 1. The molecule has 2 aromatic carbocycles. The first kappa shape index (κ1) is 17.3. The summed E-state index contributed by atoms with van der Waals surface area (Å²) >= 11 is 0. The van der Waals surface area contributed by atoms with Crippen LogP contribution in [0.4, 0.5) is 16.2 Å². The largest absolute Gasteiger partial charge is 0.477 e. The van der Waals surface area contributed by atoms with Crippen LogP contribution in [0.3, 0.4) is 0 Å². The topological polar surface area (TPSA) is 114 Å². The number of urea groups is 1. The molecule has 0 aromatic heterocycles. The van der Waals surface area contributed by atoms with Crippen LogP contribution < -0.4 is 26.0 Å². The summed E-state index contributed by atoms with van der Waals surface area (Å²) in [4.78, 5) is 37.6. The van der Waals surface area contributed by atoms with E-state index in [2.05, 4.69) is 10.6 Å². The van der Waals surface area contributed by atoms with Gasteiger partial charge in [0, 0.05) is 18.3 Å². The first-order chi connectivity index (χ1) is 12.5. The van der Waals surface area contributed by atoms with E-state index in [4.69, 9.17) is 10.5 Å². The number of rotatable bonds is 3. The van der Waals surface area contributed by atoms with E-state index in [0.717, 1.165) is 0 Å². The molecule has 4 N–H and O–H groups in total. The molecule has 0 fully saturated rings. The van der Waals surface area contributed by atoms with Crippen molar-refractivity contribution in [1.82, 2.24) is 5.32 Å². The highest BCUT2D eigenvalue weighted by Crippen LogP contribution is 2.34. The van der Waals surface area contributed by atoms with Gasteiger partial charge in [-0.1, -0.05) is 18.2 Å². The minimum Gasteiger partial charge on any atom is -0.477 e. The number of anilines is 2. The van der Waals surface area contributed by atoms with E-state index in [0.29, 0.717) is 22.7 Å². The van der Waals surface area contributed by atoms with Gasteiger partial charge < -0.3 is 26.0 Å². The predicted octanol–water partition coefficient (Wildman–Crippen LogP) is 1.33. The standard InChI is InChI=1S/C18H18N4O4/c1-20-16(23)15-10-22(13-7-2-3-8-14(13)26-15)17(24)11-5-4-6-12(9-11)21-18(19)25/h2-9,15H,10H2,1H3,(H,20,23)(H3,19,21,25)/t15-/m0/s1. The molecule has 4 amide bonds. The lowest BCUT2D eigenvalue weighted by molar-refractivity contribution is -0.127. The second-order valence-electron chi connectivity index (χ2n) is 5.67.